The standard InChI is InChI=1S/C25H26FNO6/c1-14(2)32-11-5-10-27-22(15-6-8-19(30-3)20(12-15)31-4)21-23(28)17-13-16(26)7-9-18(17)33-24(21)25(27)29/h6-9,12-14,22H,5,10-11H2,1-4H3/t22-/m0/s1. The van der Waals surface area contributed by atoms with Crippen LogP contribution in [0.3, 0.4) is 0 Å². The van der Waals surface area contributed by atoms with Gasteiger partial charge in [-0.05, 0) is 56.2 Å². The van der Waals surface area contributed by atoms with Crippen LogP contribution in [0.1, 0.15) is 48.0 Å². The predicted octanol–water partition coefficient (Wildman–Crippen LogP) is 4.31. The van der Waals surface area contributed by atoms with Crippen LogP contribution in [0.25, 0.3) is 11.0 Å². The largest absolute Gasteiger partial charge is 0.493 e. The van der Waals surface area contributed by atoms with Crippen LogP contribution in [0.15, 0.2) is 45.6 Å². The smallest absolute Gasteiger partial charge is 0.290 e. The molecule has 3 aromatic rings. The number of ether oxygens (including phenoxy) is 3. The number of halogens is 1. The number of benzene rings is 2. The van der Waals surface area contributed by atoms with E-state index >= 15 is 0 Å². The van der Waals surface area contributed by atoms with Crippen molar-refractivity contribution in [1.82, 2.24) is 4.90 Å². The highest BCUT2D eigenvalue weighted by atomic mass is 19.1. The molecule has 1 atom stereocenters. The van der Waals surface area contributed by atoms with Gasteiger partial charge in [-0.1, -0.05) is 6.07 Å². The third-order valence-corrected chi connectivity index (χ3v) is 5.65. The first-order valence-electron chi connectivity index (χ1n) is 10.8. The van der Waals surface area contributed by atoms with Crippen LogP contribution in [-0.4, -0.2) is 44.3 Å². The van der Waals surface area contributed by atoms with E-state index in [0.29, 0.717) is 36.6 Å². The number of amides is 1. The van der Waals surface area contributed by atoms with Crippen molar-refractivity contribution in [1.29, 1.82) is 0 Å². The van der Waals surface area contributed by atoms with Gasteiger partial charge in [0.25, 0.3) is 5.91 Å². The van der Waals surface area contributed by atoms with Gasteiger partial charge in [0.15, 0.2) is 16.9 Å². The summed E-state index contributed by atoms with van der Waals surface area (Å²) >= 11 is 0. The van der Waals surface area contributed by atoms with Crippen LogP contribution in [0, 0.1) is 5.82 Å². The van der Waals surface area contributed by atoms with E-state index in [9.17, 15) is 14.0 Å². The molecule has 174 valence electrons. The highest BCUT2D eigenvalue weighted by molar-refractivity contribution is 5.99. The number of methoxy groups -OCH3 is 2. The van der Waals surface area contributed by atoms with Crippen molar-refractivity contribution in [2.24, 2.45) is 0 Å². The van der Waals surface area contributed by atoms with Crippen molar-refractivity contribution in [3.05, 3.63) is 69.3 Å². The summed E-state index contributed by atoms with van der Waals surface area (Å²) < 4.78 is 36.1. The molecule has 1 aliphatic heterocycles. The molecule has 1 amide bonds. The Kier molecular flexibility index (Phi) is 6.37. The fourth-order valence-electron chi connectivity index (χ4n) is 4.15. The zero-order valence-corrected chi connectivity index (χ0v) is 19.0. The SMILES string of the molecule is COc1ccc([C@H]2c3c(oc4ccc(F)cc4c3=O)C(=O)N2CCCOC(C)C)cc1OC. The summed E-state index contributed by atoms with van der Waals surface area (Å²) in [5.41, 5.74) is 0.590. The Morgan fingerprint density at radius 3 is 2.52 bits per heavy atom. The molecule has 1 aromatic heterocycles. The van der Waals surface area contributed by atoms with Crippen molar-refractivity contribution >= 4 is 16.9 Å². The highest BCUT2D eigenvalue weighted by Crippen LogP contribution is 2.41. The second-order valence-electron chi connectivity index (χ2n) is 8.10. The molecule has 0 saturated heterocycles. The summed E-state index contributed by atoms with van der Waals surface area (Å²) in [4.78, 5) is 28.4. The molecule has 0 saturated carbocycles. The van der Waals surface area contributed by atoms with E-state index in [1.54, 1.807) is 23.1 Å². The summed E-state index contributed by atoms with van der Waals surface area (Å²) in [6.45, 7) is 4.69. The number of carbonyl (C=O) groups is 1. The number of fused-ring (bicyclic) bond motifs is 2. The van der Waals surface area contributed by atoms with E-state index in [2.05, 4.69) is 0 Å². The van der Waals surface area contributed by atoms with Crippen LogP contribution < -0.4 is 14.9 Å². The van der Waals surface area contributed by atoms with Gasteiger partial charge in [-0.15, -0.1) is 0 Å². The van der Waals surface area contributed by atoms with Gasteiger partial charge in [0, 0.05) is 13.2 Å². The maximum Gasteiger partial charge on any atom is 0.290 e. The Hall–Kier alpha value is -3.39. The van der Waals surface area contributed by atoms with E-state index in [-0.39, 0.29) is 28.4 Å². The molecule has 7 nitrogen and oxygen atoms in total. The summed E-state index contributed by atoms with van der Waals surface area (Å²) in [6.07, 6.45) is 0.644. The van der Waals surface area contributed by atoms with Gasteiger partial charge in [0.1, 0.15) is 11.4 Å². The maximum absolute atomic E-state index is 13.9. The Labute approximate surface area is 190 Å². The average molecular weight is 455 g/mol. The molecule has 0 spiro atoms. The molecule has 0 aliphatic carbocycles. The Morgan fingerprint density at radius 2 is 1.82 bits per heavy atom. The molecule has 2 aromatic carbocycles. The third kappa shape index (κ3) is 4.18. The highest BCUT2D eigenvalue weighted by Gasteiger charge is 2.42. The molecule has 0 bridgehead atoms. The molecule has 8 heteroatoms. The van der Waals surface area contributed by atoms with Gasteiger partial charge in [-0.3, -0.25) is 9.59 Å². The minimum atomic E-state index is -0.713. The molecular weight excluding hydrogens is 429 g/mol. The van der Waals surface area contributed by atoms with Crippen LogP contribution in [0.2, 0.25) is 0 Å². The minimum absolute atomic E-state index is 0.0244. The summed E-state index contributed by atoms with van der Waals surface area (Å²) in [6, 6.07) is 8.22. The summed E-state index contributed by atoms with van der Waals surface area (Å²) in [7, 11) is 3.04. The number of rotatable bonds is 8. The fraction of sp³-hybridized carbons (Fsp3) is 0.360. The molecule has 4 rings (SSSR count). The predicted molar refractivity (Wildman–Crippen MR) is 121 cm³/mol. The molecule has 0 fully saturated rings. The lowest BCUT2D eigenvalue weighted by Gasteiger charge is -2.26. The van der Waals surface area contributed by atoms with Crippen LogP contribution >= 0.6 is 0 Å². The second-order valence-corrected chi connectivity index (χ2v) is 8.10. The lowest BCUT2D eigenvalue weighted by molar-refractivity contribution is 0.0593. The first kappa shape index (κ1) is 22.8. The zero-order chi connectivity index (χ0) is 23.7. The van der Waals surface area contributed by atoms with Crippen LogP contribution in [-0.2, 0) is 4.74 Å². The topological polar surface area (TPSA) is 78.2 Å². The average Bonchev–Trinajstić information content (AvgIpc) is 3.08. The van der Waals surface area contributed by atoms with E-state index < -0.39 is 23.2 Å². The second kappa shape index (κ2) is 9.23. The molecule has 0 unspecified atom stereocenters. The Balaban J connectivity index is 1.85. The number of nitrogens with zero attached hydrogens (tertiary/aromatic N) is 1. The lowest BCUT2D eigenvalue weighted by atomic mass is 9.98. The molecule has 0 radical (unpaired) electrons. The van der Waals surface area contributed by atoms with Crippen molar-refractivity contribution in [3.63, 3.8) is 0 Å². The molecule has 1 aliphatic rings. The Bertz CT molecular complexity index is 1250. The molecule has 33 heavy (non-hydrogen) atoms. The zero-order valence-electron chi connectivity index (χ0n) is 19.0. The summed E-state index contributed by atoms with van der Waals surface area (Å²) in [5.74, 6) is 0.0243. The van der Waals surface area contributed by atoms with Crippen LogP contribution in [0.4, 0.5) is 4.39 Å². The maximum atomic E-state index is 13.9. The Morgan fingerprint density at radius 1 is 1.06 bits per heavy atom. The van der Waals surface area contributed by atoms with Gasteiger partial charge >= 0.3 is 0 Å². The lowest BCUT2D eigenvalue weighted by Crippen LogP contribution is -2.31. The van der Waals surface area contributed by atoms with Crippen LogP contribution in [0.5, 0.6) is 11.5 Å². The van der Waals surface area contributed by atoms with Gasteiger partial charge in [-0.2, -0.15) is 0 Å². The van der Waals surface area contributed by atoms with Crippen molar-refractivity contribution in [2.45, 2.75) is 32.4 Å². The van der Waals surface area contributed by atoms with Gasteiger partial charge < -0.3 is 23.5 Å². The fourth-order valence-corrected chi connectivity index (χ4v) is 4.15. The normalized spacial score (nSPS) is 15.4. The summed E-state index contributed by atoms with van der Waals surface area (Å²) in [5, 5.41) is 0.0945. The van der Waals surface area contributed by atoms with Crippen molar-refractivity contribution < 1.29 is 27.8 Å². The van der Waals surface area contributed by atoms with Gasteiger partial charge in [-0.25, -0.2) is 4.39 Å². The van der Waals surface area contributed by atoms with E-state index in [0.717, 1.165) is 6.07 Å². The van der Waals surface area contributed by atoms with Gasteiger partial charge in [0.2, 0.25) is 5.76 Å². The molecular formula is C25H26FNO6. The minimum Gasteiger partial charge on any atom is -0.493 e. The molecule has 2 heterocycles. The third-order valence-electron chi connectivity index (χ3n) is 5.65. The first-order valence-corrected chi connectivity index (χ1v) is 10.8. The van der Waals surface area contributed by atoms with Crippen molar-refractivity contribution in [3.8, 4) is 11.5 Å². The first-order chi connectivity index (χ1) is 15.8. The quantitative estimate of drug-likeness (QED) is 0.471. The number of carbonyl (C=O) groups excluding carboxylic acids is 1. The van der Waals surface area contributed by atoms with Crippen molar-refractivity contribution in [2.75, 3.05) is 27.4 Å². The van der Waals surface area contributed by atoms with E-state index in [1.165, 1.54) is 26.4 Å². The van der Waals surface area contributed by atoms with E-state index in [1.807, 2.05) is 13.8 Å². The number of hydrogen-bond donors (Lipinski definition) is 0. The number of hydrogen-bond acceptors (Lipinski definition) is 6. The van der Waals surface area contributed by atoms with E-state index in [4.69, 9.17) is 18.6 Å². The monoisotopic (exact) mass is 455 g/mol. The van der Waals surface area contributed by atoms with Gasteiger partial charge in [0.05, 0.1) is 37.3 Å². The molecule has 0 N–H and O–H groups in total.